The Morgan fingerprint density at radius 2 is 2.10 bits per heavy atom. The van der Waals surface area contributed by atoms with Gasteiger partial charge in [-0.1, -0.05) is 19.9 Å². The maximum absolute atomic E-state index is 12.8. The van der Waals surface area contributed by atoms with Crippen LogP contribution in [-0.2, 0) is 9.59 Å². The maximum atomic E-state index is 12.8. The lowest BCUT2D eigenvalue weighted by Gasteiger charge is -2.24. The fourth-order valence-electron chi connectivity index (χ4n) is 3.75. The zero-order chi connectivity index (χ0) is 22.4. The molecule has 2 atom stereocenters. The smallest absolute Gasteiger partial charge is 0.268 e. The molecule has 1 aliphatic rings. The molecule has 9 nitrogen and oxygen atoms in total. The Morgan fingerprint density at radius 1 is 1.29 bits per heavy atom. The van der Waals surface area contributed by atoms with Gasteiger partial charge < -0.3 is 20.4 Å². The number of fused-ring (bicyclic) bond motifs is 1. The molecule has 0 aliphatic carbocycles. The van der Waals surface area contributed by atoms with Crippen molar-refractivity contribution in [3.63, 3.8) is 0 Å². The monoisotopic (exact) mass is 429 g/mol. The summed E-state index contributed by atoms with van der Waals surface area (Å²) < 4.78 is 5.34. The Kier molecular flexibility index (Phi) is 7.51. The molecule has 1 aliphatic heterocycles. The summed E-state index contributed by atoms with van der Waals surface area (Å²) in [5, 5.41) is 6.44. The van der Waals surface area contributed by atoms with Crippen molar-refractivity contribution in [1.29, 1.82) is 0 Å². The number of hydrogen-bond donors (Lipinski definition) is 5. The summed E-state index contributed by atoms with van der Waals surface area (Å²) in [7, 11) is 1.58. The number of H-pyrrole nitrogens is 1. The van der Waals surface area contributed by atoms with Gasteiger partial charge in [-0.15, -0.1) is 0 Å². The van der Waals surface area contributed by atoms with Gasteiger partial charge in [0.05, 0.1) is 13.0 Å². The first-order chi connectivity index (χ1) is 14.9. The van der Waals surface area contributed by atoms with E-state index >= 15 is 0 Å². The highest BCUT2D eigenvalue weighted by Crippen LogP contribution is 2.26. The van der Waals surface area contributed by atoms with Crippen molar-refractivity contribution in [2.75, 3.05) is 20.2 Å². The fraction of sp³-hybridized carbons (Fsp3) is 0.500. The number of methoxy groups -OCH3 is 1. The van der Waals surface area contributed by atoms with Gasteiger partial charge in [-0.3, -0.25) is 19.8 Å². The van der Waals surface area contributed by atoms with Crippen molar-refractivity contribution in [3.05, 3.63) is 30.0 Å². The number of aromatic nitrogens is 1. The molecule has 31 heavy (non-hydrogen) atoms. The minimum absolute atomic E-state index is 0.00530. The van der Waals surface area contributed by atoms with Crippen LogP contribution in [0.3, 0.4) is 0 Å². The summed E-state index contributed by atoms with van der Waals surface area (Å²) in [5.41, 5.74) is 6.63. The normalized spacial score (nSPS) is 17.3. The molecule has 1 aromatic carbocycles. The third-order valence-corrected chi connectivity index (χ3v) is 5.38. The highest BCUT2D eigenvalue weighted by Gasteiger charge is 2.25. The second kappa shape index (κ2) is 10.3. The van der Waals surface area contributed by atoms with E-state index < -0.39 is 6.04 Å². The van der Waals surface area contributed by atoms with Crippen molar-refractivity contribution < 1.29 is 19.1 Å². The molecule has 2 aromatic rings. The van der Waals surface area contributed by atoms with Crippen molar-refractivity contribution in [1.82, 2.24) is 26.5 Å². The SMILES string of the molecule is COc1cccc2[nH]c(C(=O)N[C@@H](CC(C)C)C(=O)NNC[C@@H]3CCCNC3=O)cc12. The molecule has 0 saturated carbocycles. The standard InChI is InChI=1S/C22H31N5O4/c1-13(2)10-17(22(30)27-24-12-14-6-5-9-23-20(14)28)26-21(29)18-11-15-16(25-18)7-4-8-19(15)31-3/h4,7-8,11,13-14,17,24-25H,5-6,9-10,12H2,1-3H3,(H,23,28)(H,26,29)(H,27,30)/t14-,17-/m0/s1. The Morgan fingerprint density at radius 3 is 2.81 bits per heavy atom. The van der Waals surface area contributed by atoms with Crippen LogP contribution in [-0.4, -0.2) is 48.9 Å². The molecule has 5 N–H and O–H groups in total. The third-order valence-electron chi connectivity index (χ3n) is 5.38. The average molecular weight is 430 g/mol. The number of aromatic amines is 1. The van der Waals surface area contributed by atoms with Gasteiger partial charge in [-0.2, -0.15) is 0 Å². The van der Waals surface area contributed by atoms with Crippen LogP contribution < -0.4 is 26.2 Å². The van der Waals surface area contributed by atoms with E-state index in [9.17, 15) is 14.4 Å². The van der Waals surface area contributed by atoms with Gasteiger partial charge >= 0.3 is 0 Å². The molecule has 168 valence electrons. The number of nitrogens with one attached hydrogen (secondary N) is 5. The first kappa shape index (κ1) is 22.6. The molecule has 1 fully saturated rings. The molecule has 9 heteroatoms. The van der Waals surface area contributed by atoms with E-state index in [4.69, 9.17) is 4.74 Å². The molecule has 0 spiro atoms. The van der Waals surface area contributed by atoms with Gasteiger partial charge in [-0.05, 0) is 43.4 Å². The van der Waals surface area contributed by atoms with Gasteiger partial charge in [0.15, 0.2) is 0 Å². The summed E-state index contributed by atoms with van der Waals surface area (Å²) in [6, 6.07) is 6.53. The highest BCUT2D eigenvalue weighted by molar-refractivity contribution is 6.01. The highest BCUT2D eigenvalue weighted by atomic mass is 16.5. The number of carbonyl (C=O) groups excluding carboxylic acids is 3. The van der Waals surface area contributed by atoms with Crippen molar-refractivity contribution in [3.8, 4) is 5.75 Å². The molecular formula is C22H31N5O4. The Labute approximate surface area is 181 Å². The van der Waals surface area contributed by atoms with Gasteiger partial charge in [0.1, 0.15) is 17.5 Å². The number of amides is 3. The first-order valence-electron chi connectivity index (χ1n) is 10.7. The summed E-state index contributed by atoms with van der Waals surface area (Å²) in [5.74, 6) is -0.0244. The second-order valence-corrected chi connectivity index (χ2v) is 8.26. The van der Waals surface area contributed by atoms with Crippen LogP contribution in [0.2, 0.25) is 0 Å². The van der Waals surface area contributed by atoms with E-state index in [1.807, 2.05) is 32.0 Å². The molecule has 3 rings (SSSR count). The first-order valence-corrected chi connectivity index (χ1v) is 10.7. The maximum Gasteiger partial charge on any atom is 0.268 e. The summed E-state index contributed by atoms with van der Waals surface area (Å²) >= 11 is 0. The predicted molar refractivity (Wildman–Crippen MR) is 117 cm³/mol. The van der Waals surface area contributed by atoms with Crippen LogP contribution in [0.15, 0.2) is 24.3 Å². The molecule has 1 saturated heterocycles. The Bertz CT molecular complexity index is 939. The van der Waals surface area contributed by atoms with Crippen LogP contribution in [0.4, 0.5) is 0 Å². The van der Waals surface area contributed by atoms with Gasteiger partial charge in [0.25, 0.3) is 11.8 Å². The van der Waals surface area contributed by atoms with Crippen LogP contribution >= 0.6 is 0 Å². The average Bonchev–Trinajstić information content (AvgIpc) is 3.19. The number of benzene rings is 1. The molecular weight excluding hydrogens is 398 g/mol. The molecule has 1 aromatic heterocycles. The molecule has 0 radical (unpaired) electrons. The van der Waals surface area contributed by atoms with Crippen LogP contribution in [0, 0.1) is 11.8 Å². The summed E-state index contributed by atoms with van der Waals surface area (Å²) in [6.07, 6.45) is 2.19. The number of carbonyl (C=O) groups is 3. The van der Waals surface area contributed by atoms with Crippen LogP contribution in [0.1, 0.15) is 43.6 Å². The lowest BCUT2D eigenvalue weighted by atomic mass is 9.99. The van der Waals surface area contributed by atoms with Crippen LogP contribution in [0.5, 0.6) is 5.75 Å². The van der Waals surface area contributed by atoms with E-state index in [1.54, 1.807) is 13.2 Å². The minimum atomic E-state index is -0.714. The van der Waals surface area contributed by atoms with Crippen molar-refractivity contribution in [2.24, 2.45) is 11.8 Å². The minimum Gasteiger partial charge on any atom is -0.496 e. The molecule has 0 unspecified atom stereocenters. The number of hydrogen-bond acceptors (Lipinski definition) is 5. The van der Waals surface area contributed by atoms with Gasteiger partial charge in [-0.25, -0.2) is 5.43 Å². The van der Waals surface area contributed by atoms with Crippen LogP contribution in [0.25, 0.3) is 10.9 Å². The zero-order valence-electron chi connectivity index (χ0n) is 18.2. The topological polar surface area (TPSA) is 124 Å². The van der Waals surface area contributed by atoms with E-state index in [2.05, 4.69) is 26.5 Å². The summed E-state index contributed by atoms with van der Waals surface area (Å²) in [4.78, 5) is 40.5. The van der Waals surface area contributed by atoms with Gasteiger partial charge in [0.2, 0.25) is 5.91 Å². The van der Waals surface area contributed by atoms with E-state index in [0.717, 1.165) is 23.7 Å². The molecule has 2 heterocycles. The Hall–Kier alpha value is -3.07. The number of hydrazine groups is 1. The predicted octanol–water partition coefficient (Wildman–Crippen LogP) is 1.47. The zero-order valence-corrected chi connectivity index (χ0v) is 18.2. The number of rotatable bonds is 9. The van der Waals surface area contributed by atoms with Crippen molar-refractivity contribution in [2.45, 2.75) is 39.2 Å². The number of ether oxygens (including phenoxy) is 1. The lowest BCUT2D eigenvalue weighted by molar-refractivity contribution is -0.128. The lowest BCUT2D eigenvalue weighted by Crippen LogP contribution is -2.53. The van der Waals surface area contributed by atoms with E-state index in [1.165, 1.54) is 0 Å². The molecule has 3 amide bonds. The Balaban J connectivity index is 1.62. The van der Waals surface area contributed by atoms with Gasteiger partial charge in [0, 0.05) is 24.0 Å². The molecule has 0 bridgehead atoms. The van der Waals surface area contributed by atoms with E-state index in [0.29, 0.717) is 31.0 Å². The second-order valence-electron chi connectivity index (χ2n) is 8.26. The largest absolute Gasteiger partial charge is 0.496 e. The third kappa shape index (κ3) is 5.75. The fourth-order valence-corrected chi connectivity index (χ4v) is 3.75. The quantitative estimate of drug-likeness (QED) is 0.386. The summed E-state index contributed by atoms with van der Waals surface area (Å²) in [6.45, 7) is 5.02. The van der Waals surface area contributed by atoms with Crippen molar-refractivity contribution >= 4 is 28.6 Å². The van der Waals surface area contributed by atoms with E-state index in [-0.39, 0.29) is 29.6 Å². The number of piperidine rings is 1.